The largest absolute Gasteiger partial charge is 0.482 e. The lowest BCUT2D eigenvalue weighted by Crippen LogP contribution is -2.12. The van der Waals surface area contributed by atoms with Gasteiger partial charge in [-0.2, -0.15) is 0 Å². The van der Waals surface area contributed by atoms with Gasteiger partial charge in [0.15, 0.2) is 6.61 Å². The van der Waals surface area contributed by atoms with Gasteiger partial charge < -0.3 is 9.47 Å². The summed E-state index contributed by atoms with van der Waals surface area (Å²) in [6.07, 6.45) is 0. The first-order valence-electron chi connectivity index (χ1n) is 4.61. The molecule has 1 rings (SSSR count). The summed E-state index contributed by atoms with van der Waals surface area (Å²) in [7, 11) is 1.32. The first kappa shape index (κ1) is 12.4. The molecule has 0 spiro atoms. The molecule has 0 N–H and O–H groups in total. The fourth-order valence-corrected chi connectivity index (χ4v) is 1.04. The maximum Gasteiger partial charge on any atom is 0.343 e. The van der Waals surface area contributed by atoms with Crippen molar-refractivity contribution in [3.8, 4) is 17.6 Å². The Balaban J connectivity index is 2.54. The first-order chi connectivity index (χ1) is 7.76. The molecule has 0 atom stereocenters. The van der Waals surface area contributed by atoms with Gasteiger partial charge in [0.25, 0.3) is 0 Å². The topological polar surface area (TPSA) is 35.5 Å². The molecule has 0 amide bonds. The van der Waals surface area contributed by atoms with Crippen LogP contribution in [0.4, 0.5) is 0 Å². The molecule has 0 fully saturated rings. The Morgan fingerprint density at radius 2 is 2.06 bits per heavy atom. The molecule has 4 heteroatoms. The summed E-state index contributed by atoms with van der Waals surface area (Å²) in [6.45, 7) is -0.0940. The average molecular weight is 239 g/mol. The van der Waals surface area contributed by atoms with Gasteiger partial charge in [-0.1, -0.05) is 11.8 Å². The summed E-state index contributed by atoms with van der Waals surface area (Å²) in [5, 5.41) is 0. The number of hydrogen-bond acceptors (Lipinski definition) is 3. The van der Waals surface area contributed by atoms with Crippen LogP contribution in [-0.4, -0.2) is 25.6 Å². The third kappa shape index (κ3) is 4.24. The van der Waals surface area contributed by atoms with Gasteiger partial charge in [-0.15, -0.1) is 11.6 Å². The van der Waals surface area contributed by atoms with Crippen molar-refractivity contribution in [2.45, 2.75) is 0 Å². The number of benzene rings is 1. The van der Waals surface area contributed by atoms with E-state index in [2.05, 4.69) is 16.6 Å². The van der Waals surface area contributed by atoms with Gasteiger partial charge >= 0.3 is 5.97 Å². The molecule has 0 aliphatic rings. The summed E-state index contributed by atoms with van der Waals surface area (Å²) in [6, 6.07) is 7.07. The number of hydrogen-bond donors (Lipinski definition) is 0. The Kier molecular flexibility index (Phi) is 5.24. The fourth-order valence-electron chi connectivity index (χ4n) is 0.971. The number of halogens is 1. The summed E-state index contributed by atoms with van der Waals surface area (Å²) < 4.78 is 9.62. The minimum atomic E-state index is -0.411. The minimum Gasteiger partial charge on any atom is -0.482 e. The molecule has 0 aliphatic heterocycles. The quantitative estimate of drug-likeness (QED) is 0.458. The van der Waals surface area contributed by atoms with Crippen LogP contribution in [0.25, 0.3) is 0 Å². The number of carbonyl (C=O) groups is 1. The number of methoxy groups -OCH3 is 1. The first-order valence-corrected chi connectivity index (χ1v) is 5.14. The highest BCUT2D eigenvalue weighted by Crippen LogP contribution is 2.11. The SMILES string of the molecule is COC(=O)COc1ccc(C#CCCl)cc1. The van der Waals surface area contributed by atoms with E-state index in [1.165, 1.54) is 7.11 Å². The van der Waals surface area contributed by atoms with Crippen molar-refractivity contribution in [2.75, 3.05) is 19.6 Å². The highest BCUT2D eigenvalue weighted by molar-refractivity contribution is 6.19. The number of alkyl halides is 1. The fraction of sp³-hybridized carbons (Fsp3) is 0.250. The predicted molar refractivity (Wildman–Crippen MR) is 61.6 cm³/mol. The third-order valence-electron chi connectivity index (χ3n) is 1.74. The molecule has 84 valence electrons. The van der Waals surface area contributed by atoms with Crippen LogP contribution in [0.1, 0.15) is 5.56 Å². The second-order valence-electron chi connectivity index (χ2n) is 2.82. The van der Waals surface area contributed by atoms with Crippen molar-refractivity contribution >= 4 is 17.6 Å². The zero-order valence-electron chi connectivity index (χ0n) is 8.83. The Morgan fingerprint density at radius 1 is 1.38 bits per heavy atom. The Hall–Kier alpha value is -1.66. The summed E-state index contributed by atoms with van der Waals surface area (Å²) in [5.74, 6) is 6.11. The van der Waals surface area contributed by atoms with Gasteiger partial charge in [0.1, 0.15) is 5.75 Å². The Bertz CT molecular complexity index is 401. The van der Waals surface area contributed by atoms with Crippen LogP contribution in [0.15, 0.2) is 24.3 Å². The maximum atomic E-state index is 10.8. The van der Waals surface area contributed by atoms with Crippen molar-refractivity contribution in [2.24, 2.45) is 0 Å². The number of rotatable bonds is 3. The average Bonchev–Trinajstić information content (AvgIpc) is 2.34. The molecule has 3 nitrogen and oxygen atoms in total. The lowest BCUT2D eigenvalue weighted by atomic mass is 10.2. The van der Waals surface area contributed by atoms with Gasteiger partial charge in [-0.25, -0.2) is 4.79 Å². The Morgan fingerprint density at radius 3 is 2.62 bits per heavy atom. The van der Waals surface area contributed by atoms with Gasteiger partial charge in [-0.05, 0) is 24.3 Å². The van der Waals surface area contributed by atoms with E-state index in [9.17, 15) is 4.79 Å². The zero-order chi connectivity index (χ0) is 11.8. The maximum absolute atomic E-state index is 10.8. The molecule has 0 unspecified atom stereocenters. The van der Waals surface area contributed by atoms with E-state index in [-0.39, 0.29) is 6.61 Å². The zero-order valence-corrected chi connectivity index (χ0v) is 9.58. The van der Waals surface area contributed by atoms with Crippen LogP contribution in [0.3, 0.4) is 0 Å². The summed E-state index contributed by atoms with van der Waals surface area (Å²) in [4.78, 5) is 10.8. The van der Waals surface area contributed by atoms with E-state index >= 15 is 0 Å². The second kappa shape index (κ2) is 6.76. The van der Waals surface area contributed by atoms with Gasteiger partial charge in [0.05, 0.1) is 13.0 Å². The standard InChI is InChI=1S/C12H11ClO3/c1-15-12(14)9-16-11-6-4-10(5-7-11)3-2-8-13/h4-7H,8-9H2,1H3. The van der Waals surface area contributed by atoms with Crippen LogP contribution >= 0.6 is 11.6 Å². The molecule has 0 bridgehead atoms. The second-order valence-corrected chi connectivity index (χ2v) is 3.09. The number of carbonyl (C=O) groups excluding carboxylic acids is 1. The highest BCUT2D eigenvalue weighted by atomic mass is 35.5. The van der Waals surface area contributed by atoms with Gasteiger partial charge in [-0.3, -0.25) is 0 Å². The molecule has 16 heavy (non-hydrogen) atoms. The van der Waals surface area contributed by atoms with Crippen LogP contribution in [-0.2, 0) is 9.53 Å². The van der Waals surface area contributed by atoms with Crippen LogP contribution in [0.2, 0.25) is 0 Å². The third-order valence-corrected chi connectivity index (χ3v) is 1.87. The van der Waals surface area contributed by atoms with Crippen molar-refractivity contribution in [1.82, 2.24) is 0 Å². The summed E-state index contributed by atoms with van der Waals surface area (Å²) in [5.41, 5.74) is 0.853. The number of esters is 1. The van der Waals surface area contributed by atoms with E-state index < -0.39 is 5.97 Å². The van der Waals surface area contributed by atoms with E-state index in [0.717, 1.165) is 5.56 Å². The van der Waals surface area contributed by atoms with Crippen molar-refractivity contribution < 1.29 is 14.3 Å². The van der Waals surface area contributed by atoms with Gasteiger partial charge in [0, 0.05) is 5.56 Å². The number of ether oxygens (including phenoxy) is 2. The summed E-state index contributed by atoms with van der Waals surface area (Å²) >= 11 is 5.43. The van der Waals surface area contributed by atoms with E-state index in [1.54, 1.807) is 24.3 Å². The molecule has 0 saturated heterocycles. The van der Waals surface area contributed by atoms with Crippen LogP contribution < -0.4 is 4.74 Å². The van der Waals surface area contributed by atoms with Crippen molar-refractivity contribution in [3.05, 3.63) is 29.8 Å². The molecule has 1 aromatic rings. The molecule has 0 aliphatic carbocycles. The van der Waals surface area contributed by atoms with Crippen LogP contribution in [0.5, 0.6) is 5.75 Å². The van der Waals surface area contributed by atoms with E-state index in [0.29, 0.717) is 11.6 Å². The lowest BCUT2D eigenvalue weighted by molar-refractivity contribution is -0.142. The van der Waals surface area contributed by atoms with Gasteiger partial charge in [0.2, 0.25) is 0 Å². The minimum absolute atomic E-state index is 0.0940. The Labute approximate surface area is 99.3 Å². The normalized spacial score (nSPS) is 8.88. The molecule has 1 aromatic carbocycles. The molecule has 0 heterocycles. The lowest BCUT2D eigenvalue weighted by Gasteiger charge is -2.03. The molecular formula is C12H11ClO3. The molecule has 0 saturated carbocycles. The molecule has 0 radical (unpaired) electrons. The van der Waals surface area contributed by atoms with Crippen molar-refractivity contribution in [3.63, 3.8) is 0 Å². The monoisotopic (exact) mass is 238 g/mol. The van der Waals surface area contributed by atoms with E-state index in [4.69, 9.17) is 16.3 Å². The highest BCUT2D eigenvalue weighted by Gasteiger charge is 2.00. The molecule has 0 aromatic heterocycles. The smallest absolute Gasteiger partial charge is 0.343 e. The predicted octanol–water partition coefficient (Wildman–Crippen LogP) is 1.83. The van der Waals surface area contributed by atoms with E-state index in [1.807, 2.05) is 0 Å². The van der Waals surface area contributed by atoms with Crippen LogP contribution in [0, 0.1) is 11.8 Å². The van der Waals surface area contributed by atoms with Crippen molar-refractivity contribution in [1.29, 1.82) is 0 Å². The molecular weight excluding hydrogens is 228 g/mol.